The Morgan fingerprint density at radius 2 is 2.17 bits per heavy atom. The average Bonchev–Trinajstić information content (AvgIpc) is 2.75. The molecule has 1 fully saturated rings. The molecule has 0 aliphatic heterocycles. The van der Waals surface area contributed by atoms with E-state index in [-0.39, 0.29) is 0 Å². The van der Waals surface area contributed by atoms with E-state index in [1.165, 1.54) is 25.7 Å². The van der Waals surface area contributed by atoms with Gasteiger partial charge >= 0.3 is 0 Å². The van der Waals surface area contributed by atoms with Crippen LogP contribution in [0.4, 0.5) is 0 Å². The number of hydrogen-bond donors (Lipinski definition) is 0. The maximum atomic E-state index is 4.95. The molecular formula is C9H12N2O. The standard InChI is InChI=1S/C9H12N2O/c1-2-8-10-9(11-12-8)7-5-3-4-6-7/h2,7H,1,3-6H2. The molecule has 3 heteroatoms. The zero-order chi connectivity index (χ0) is 8.39. The van der Waals surface area contributed by atoms with Crippen LogP contribution < -0.4 is 0 Å². The van der Waals surface area contributed by atoms with E-state index in [1.807, 2.05) is 0 Å². The average molecular weight is 164 g/mol. The minimum atomic E-state index is 0.530. The van der Waals surface area contributed by atoms with Gasteiger partial charge in [0.1, 0.15) is 0 Å². The van der Waals surface area contributed by atoms with Gasteiger partial charge in [0.2, 0.25) is 5.89 Å². The Morgan fingerprint density at radius 3 is 2.75 bits per heavy atom. The summed E-state index contributed by atoms with van der Waals surface area (Å²) < 4.78 is 4.95. The van der Waals surface area contributed by atoms with Gasteiger partial charge in [-0.2, -0.15) is 4.98 Å². The van der Waals surface area contributed by atoms with Gasteiger partial charge in [0, 0.05) is 5.92 Å². The van der Waals surface area contributed by atoms with Crippen molar-refractivity contribution in [1.29, 1.82) is 0 Å². The van der Waals surface area contributed by atoms with Gasteiger partial charge in [-0.05, 0) is 18.9 Å². The molecule has 0 bridgehead atoms. The molecule has 0 saturated heterocycles. The first-order valence-corrected chi connectivity index (χ1v) is 4.36. The lowest BCUT2D eigenvalue weighted by Gasteiger charge is -1.98. The lowest BCUT2D eigenvalue weighted by Crippen LogP contribution is -1.94. The van der Waals surface area contributed by atoms with E-state index in [9.17, 15) is 0 Å². The largest absolute Gasteiger partial charge is 0.335 e. The topological polar surface area (TPSA) is 38.9 Å². The van der Waals surface area contributed by atoms with Gasteiger partial charge in [-0.25, -0.2) is 0 Å². The Morgan fingerprint density at radius 1 is 1.42 bits per heavy atom. The zero-order valence-electron chi connectivity index (χ0n) is 6.99. The molecule has 2 rings (SSSR count). The van der Waals surface area contributed by atoms with Gasteiger partial charge in [-0.3, -0.25) is 0 Å². The minimum Gasteiger partial charge on any atom is -0.335 e. The summed E-state index contributed by atoms with van der Waals surface area (Å²) in [6, 6.07) is 0. The van der Waals surface area contributed by atoms with Crippen LogP contribution in [0.2, 0.25) is 0 Å². The van der Waals surface area contributed by atoms with Crippen molar-refractivity contribution in [3.8, 4) is 0 Å². The van der Waals surface area contributed by atoms with E-state index < -0.39 is 0 Å². The Labute approximate surface area is 71.5 Å². The third-order valence-corrected chi connectivity index (χ3v) is 2.35. The van der Waals surface area contributed by atoms with Crippen molar-refractivity contribution in [2.75, 3.05) is 0 Å². The third kappa shape index (κ3) is 1.26. The van der Waals surface area contributed by atoms with Crippen molar-refractivity contribution < 1.29 is 4.52 Å². The Bertz CT molecular complexity index is 274. The van der Waals surface area contributed by atoms with Crippen LogP contribution in [0.25, 0.3) is 6.08 Å². The first-order chi connectivity index (χ1) is 5.90. The lowest BCUT2D eigenvalue weighted by molar-refractivity contribution is 0.397. The van der Waals surface area contributed by atoms with E-state index in [0.717, 1.165) is 5.82 Å². The maximum Gasteiger partial charge on any atom is 0.250 e. The van der Waals surface area contributed by atoms with E-state index in [4.69, 9.17) is 4.52 Å². The maximum absolute atomic E-state index is 4.95. The van der Waals surface area contributed by atoms with Crippen LogP contribution in [0.3, 0.4) is 0 Å². The van der Waals surface area contributed by atoms with Crippen LogP contribution in [-0.4, -0.2) is 10.1 Å². The fraction of sp³-hybridized carbons (Fsp3) is 0.556. The quantitative estimate of drug-likeness (QED) is 0.673. The van der Waals surface area contributed by atoms with E-state index >= 15 is 0 Å². The molecule has 64 valence electrons. The molecule has 0 radical (unpaired) electrons. The first kappa shape index (κ1) is 7.53. The number of hydrogen-bond acceptors (Lipinski definition) is 3. The van der Waals surface area contributed by atoms with Crippen LogP contribution in [0.15, 0.2) is 11.1 Å². The number of rotatable bonds is 2. The molecule has 1 aromatic heterocycles. The summed E-state index contributed by atoms with van der Waals surface area (Å²) in [4.78, 5) is 4.21. The summed E-state index contributed by atoms with van der Waals surface area (Å²) >= 11 is 0. The van der Waals surface area contributed by atoms with Crippen molar-refractivity contribution in [3.05, 3.63) is 18.3 Å². The molecule has 0 aromatic carbocycles. The summed E-state index contributed by atoms with van der Waals surface area (Å²) in [5, 5.41) is 3.91. The lowest BCUT2D eigenvalue weighted by atomic mass is 10.1. The van der Waals surface area contributed by atoms with Crippen LogP contribution in [0, 0.1) is 0 Å². The predicted molar refractivity (Wildman–Crippen MR) is 45.6 cm³/mol. The summed E-state index contributed by atoms with van der Waals surface area (Å²) in [6.07, 6.45) is 6.59. The molecule has 0 atom stereocenters. The smallest absolute Gasteiger partial charge is 0.250 e. The van der Waals surface area contributed by atoms with Crippen molar-refractivity contribution >= 4 is 6.08 Å². The van der Waals surface area contributed by atoms with Gasteiger partial charge in [0.05, 0.1) is 0 Å². The first-order valence-electron chi connectivity index (χ1n) is 4.36. The number of nitrogens with zero attached hydrogens (tertiary/aromatic N) is 2. The van der Waals surface area contributed by atoms with Crippen molar-refractivity contribution in [2.45, 2.75) is 31.6 Å². The zero-order valence-corrected chi connectivity index (χ0v) is 6.99. The summed E-state index contributed by atoms with van der Waals surface area (Å²) in [5.41, 5.74) is 0. The molecular weight excluding hydrogens is 152 g/mol. The summed E-state index contributed by atoms with van der Waals surface area (Å²) in [6.45, 7) is 3.57. The Hall–Kier alpha value is -1.12. The molecule has 0 unspecified atom stereocenters. The van der Waals surface area contributed by atoms with Crippen LogP contribution in [0.5, 0.6) is 0 Å². The molecule has 0 spiro atoms. The van der Waals surface area contributed by atoms with E-state index in [1.54, 1.807) is 6.08 Å². The second-order valence-corrected chi connectivity index (χ2v) is 3.18. The molecule has 0 amide bonds. The molecule has 1 aliphatic rings. The van der Waals surface area contributed by atoms with Crippen molar-refractivity contribution in [1.82, 2.24) is 10.1 Å². The fourth-order valence-electron chi connectivity index (χ4n) is 1.68. The second-order valence-electron chi connectivity index (χ2n) is 3.18. The second kappa shape index (κ2) is 3.09. The monoisotopic (exact) mass is 164 g/mol. The van der Waals surface area contributed by atoms with E-state index in [0.29, 0.717) is 11.8 Å². The normalized spacial score (nSPS) is 18.3. The molecule has 12 heavy (non-hydrogen) atoms. The van der Waals surface area contributed by atoms with Crippen molar-refractivity contribution in [3.63, 3.8) is 0 Å². The molecule has 1 aromatic rings. The summed E-state index contributed by atoms with van der Waals surface area (Å²) in [7, 11) is 0. The van der Waals surface area contributed by atoms with Crippen LogP contribution >= 0.6 is 0 Å². The molecule has 1 heterocycles. The Balaban J connectivity index is 2.16. The van der Waals surface area contributed by atoms with Crippen molar-refractivity contribution in [2.24, 2.45) is 0 Å². The number of aromatic nitrogens is 2. The Kier molecular flexibility index (Phi) is 1.94. The van der Waals surface area contributed by atoms with Gasteiger partial charge in [0.25, 0.3) is 0 Å². The van der Waals surface area contributed by atoms with E-state index in [2.05, 4.69) is 16.7 Å². The fourth-order valence-corrected chi connectivity index (χ4v) is 1.68. The third-order valence-electron chi connectivity index (χ3n) is 2.35. The predicted octanol–water partition coefficient (Wildman–Crippen LogP) is 2.37. The highest BCUT2D eigenvalue weighted by Gasteiger charge is 2.21. The van der Waals surface area contributed by atoms with Crippen LogP contribution in [0.1, 0.15) is 43.3 Å². The van der Waals surface area contributed by atoms with Gasteiger partial charge < -0.3 is 4.52 Å². The van der Waals surface area contributed by atoms with Crippen LogP contribution in [-0.2, 0) is 0 Å². The minimum absolute atomic E-state index is 0.530. The van der Waals surface area contributed by atoms with Gasteiger partial charge in [-0.1, -0.05) is 24.6 Å². The molecule has 1 aliphatic carbocycles. The SMILES string of the molecule is C=Cc1nc(C2CCCC2)no1. The highest BCUT2D eigenvalue weighted by Crippen LogP contribution is 2.32. The summed E-state index contributed by atoms with van der Waals surface area (Å²) in [5.74, 6) is 1.93. The highest BCUT2D eigenvalue weighted by atomic mass is 16.5. The van der Waals surface area contributed by atoms with Gasteiger partial charge in [0.15, 0.2) is 5.82 Å². The van der Waals surface area contributed by atoms with Gasteiger partial charge in [-0.15, -0.1) is 0 Å². The molecule has 3 nitrogen and oxygen atoms in total. The molecule has 0 N–H and O–H groups in total. The highest BCUT2D eigenvalue weighted by molar-refractivity contribution is 5.32. The molecule has 1 saturated carbocycles.